The Labute approximate surface area is 97.8 Å². The van der Waals surface area contributed by atoms with Crippen LogP contribution in [0.4, 0.5) is 0 Å². The molecule has 1 aliphatic carbocycles. The van der Waals surface area contributed by atoms with Gasteiger partial charge in [0.1, 0.15) is 0 Å². The van der Waals surface area contributed by atoms with Crippen LogP contribution in [-0.4, -0.2) is 11.2 Å². The lowest BCUT2D eigenvalue weighted by Gasteiger charge is -2.23. The Bertz CT molecular complexity index is 329. The fourth-order valence-electron chi connectivity index (χ4n) is 2.36. The van der Waals surface area contributed by atoms with Crippen LogP contribution in [-0.2, 0) is 6.42 Å². The second-order valence-electron chi connectivity index (χ2n) is 4.64. The van der Waals surface area contributed by atoms with Gasteiger partial charge in [-0.2, -0.15) is 0 Å². The molecule has 0 aliphatic heterocycles. The van der Waals surface area contributed by atoms with Crippen molar-refractivity contribution in [1.29, 1.82) is 0 Å². The van der Waals surface area contributed by atoms with Gasteiger partial charge in [0.2, 0.25) is 0 Å². The Kier molecular flexibility index (Phi) is 4.17. The molecule has 86 valence electrons. The molecule has 0 saturated heterocycles. The second-order valence-corrected chi connectivity index (χ2v) is 4.64. The minimum atomic E-state index is -0.134. The molecule has 16 heavy (non-hydrogen) atoms. The minimum absolute atomic E-state index is 0.134. The predicted octanol–water partition coefficient (Wildman–Crippen LogP) is 3.34. The molecule has 0 bridgehead atoms. The van der Waals surface area contributed by atoms with E-state index in [9.17, 15) is 5.11 Å². The highest BCUT2D eigenvalue weighted by molar-refractivity contribution is 5.14. The monoisotopic (exact) mass is 216 g/mol. The Morgan fingerprint density at radius 1 is 1.19 bits per heavy atom. The summed E-state index contributed by atoms with van der Waals surface area (Å²) in [5, 5.41) is 10.1. The molecule has 0 fully saturated rings. The van der Waals surface area contributed by atoms with Crippen molar-refractivity contribution < 1.29 is 5.11 Å². The summed E-state index contributed by atoms with van der Waals surface area (Å²) in [5.74, 6) is 0.480. The number of hydrogen-bond acceptors (Lipinski definition) is 1. The van der Waals surface area contributed by atoms with Crippen LogP contribution in [0.1, 0.15) is 31.2 Å². The van der Waals surface area contributed by atoms with Gasteiger partial charge in [-0.1, -0.05) is 42.5 Å². The maximum absolute atomic E-state index is 10.1. The van der Waals surface area contributed by atoms with E-state index in [0.717, 1.165) is 32.1 Å². The molecule has 0 heterocycles. The molecule has 1 aliphatic rings. The summed E-state index contributed by atoms with van der Waals surface area (Å²) >= 11 is 0. The summed E-state index contributed by atoms with van der Waals surface area (Å²) in [6.45, 7) is 0. The van der Waals surface area contributed by atoms with Crippen molar-refractivity contribution in [3.63, 3.8) is 0 Å². The number of benzene rings is 1. The van der Waals surface area contributed by atoms with E-state index in [2.05, 4.69) is 36.4 Å². The molecule has 0 aromatic heterocycles. The van der Waals surface area contributed by atoms with Crippen LogP contribution in [0.2, 0.25) is 0 Å². The highest BCUT2D eigenvalue weighted by Gasteiger charge is 2.18. The Balaban J connectivity index is 1.79. The SMILES string of the molecule is OC(CCc1ccccc1)C1CC=CCC1. The lowest BCUT2D eigenvalue weighted by molar-refractivity contribution is 0.0938. The molecule has 0 radical (unpaired) electrons. The Morgan fingerprint density at radius 3 is 2.69 bits per heavy atom. The highest BCUT2D eigenvalue weighted by Crippen LogP contribution is 2.24. The first-order valence-electron chi connectivity index (χ1n) is 6.23. The van der Waals surface area contributed by atoms with Gasteiger partial charge in [-0.25, -0.2) is 0 Å². The van der Waals surface area contributed by atoms with Gasteiger partial charge in [-0.3, -0.25) is 0 Å². The largest absolute Gasteiger partial charge is 0.393 e. The zero-order valence-electron chi connectivity index (χ0n) is 9.68. The third kappa shape index (κ3) is 3.21. The Morgan fingerprint density at radius 2 is 2.00 bits per heavy atom. The fourth-order valence-corrected chi connectivity index (χ4v) is 2.36. The molecule has 1 heteroatoms. The van der Waals surface area contributed by atoms with Gasteiger partial charge < -0.3 is 5.11 Å². The smallest absolute Gasteiger partial charge is 0.0574 e. The van der Waals surface area contributed by atoms with E-state index in [0.29, 0.717) is 5.92 Å². The van der Waals surface area contributed by atoms with E-state index in [-0.39, 0.29) is 6.10 Å². The molecule has 2 atom stereocenters. The predicted molar refractivity (Wildman–Crippen MR) is 67.3 cm³/mol. The van der Waals surface area contributed by atoms with Crippen molar-refractivity contribution in [2.24, 2.45) is 5.92 Å². The molecule has 1 aromatic rings. The van der Waals surface area contributed by atoms with E-state index >= 15 is 0 Å². The molecule has 1 N–H and O–H groups in total. The van der Waals surface area contributed by atoms with E-state index < -0.39 is 0 Å². The Hall–Kier alpha value is -1.08. The van der Waals surface area contributed by atoms with Crippen molar-refractivity contribution in [2.75, 3.05) is 0 Å². The maximum Gasteiger partial charge on any atom is 0.0574 e. The van der Waals surface area contributed by atoms with Gasteiger partial charge in [0.25, 0.3) is 0 Å². The average molecular weight is 216 g/mol. The molecule has 0 spiro atoms. The third-order valence-corrected chi connectivity index (χ3v) is 3.43. The van der Waals surface area contributed by atoms with Crippen LogP contribution in [0.3, 0.4) is 0 Å². The summed E-state index contributed by atoms with van der Waals surface area (Å²) in [7, 11) is 0. The van der Waals surface area contributed by atoms with E-state index in [1.807, 2.05) is 6.07 Å². The molecule has 1 nitrogen and oxygen atoms in total. The minimum Gasteiger partial charge on any atom is -0.393 e. The zero-order valence-corrected chi connectivity index (χ0v) is 9.68. The first-order chi connectivity index (χ1) is 7.86. The van der Waals surface area contributed by atoms with Crippen LogP contribution >= 0.6 is 0 Å². The van der Waals surface area contributed by atoms with Crippen molar-refractivity contribution in [3.05, 3.63) is 48.0 Å². The lowest BCUT2D eigenvalue weighted by atomic mass is 9.87. The topological polar surface area (TPSA) is 20.2 Å². The quantitative estimate of drug-likeness (QED) is 0.765. The number of aliphatic hydroxyl groups excluding tert-OH is 1. The van der Waals surface area contributed by atoms with Crippen LogP contribution in [0.15, 0.2) is 42.5 Å². The normalized spacial score (nSPS) is 21.9. The van der Waals surface area contributed by atoms with Crippen LogP contribution in [0.5, 0.6) is 0 Å². The number of hydrogen-bond donors (Lipinski definition) is 1. The number of allylic oxidation sites excluding steroid dienone is 2. The van der Waals surface area contributed by atoms with Gasteiger partial charge in [0.15, 0.2) is 0 Å². The lowest BCUT2D eigenvalue weighted by Crippen LogP contribution is -2.21. The second kappa shape index (κ2) is 5.86. The molecule has 2 rings (SSSR count). The molecule has 1 aromatic carbocycles. The molecule has 0 saturated carbocycles. The summed E-state index contributed by atoms with van der Waals surface area (Å²) in [4.78, 5) is 0. The standard InChI is InChI=1S/C15H20O/c16-15(14-9-5-2-6-10-14)12-11-13-7-3-1-4-8-13/h1-5,7-8,14-16H,6,9-12H2. The average Bonchev–Trinajstić information content (AvgIpc) is 2.38. The molecule has 0 amide bonds. The molecular weight excluding hydrogens is 196 g/mol. The first kappa shape index (κ1) is 11.4. The van der Waals surface area contributed by atoms with E-state index in [1.165, 1.54) is 5.56 Å². The van der Waals surface area contributed by atoms with E-state index in [4.69, 9.17) is 0 Å². The van der Waals surface area contributed by atoms with Gasteiger partial charge in [0.05, 0.1) is 6.10 Å². The van der Waals surface area contributed by atoms with Crippen molar-refractivity contribution in [2.45, 2.75) is 38.2 Å². The van der Waals surface area contributed by atoms with Gasteiger partial charge in [0, 0.05) is 0 Å². The maximum atomic E-state index is 10.1. The van der Waals surface area contributed by atoms with Crippen molar-refractivity contribution in [3.8, 4) is 0 Å². The van der Waals surface area contributed by atoms with Crippen LogP contribution < -0.4 is 0 Å². The third-order valence-electron chi connectivity index (χ3n) is 3.43. The van der Waals surface area contributed by atoms with Crippen LogP contribution in [0.25, 0.3) is 0 Å². The van der Waals surface area contributed by atoms with Crippen LogP contribution in [0, 0.1) is 5.92 Å². The van der Waals surface area contributed by atoms with Gasteiger partial charge >= 0.3 is 0 Å². The number of aliphatic hydroxyl groups is 1. The zero-order chi connectivity index (χ0) is 11.2. The summed E-state index contributed by atoms with van der Waals surface area (Å²) in [6.07, 6.45) is 9.51. The van der Waals surface area contributed by atoms with Gasteiger partial charge in [-0.15, -0.1) is 0 Å². The molecular formula is C15H20O. The number of rotatable bonds is 4. The first-order valence-corrected chi connectivity index (χ1v) is 6.23. The molecule has 2 unspecified atom stereocenters. The number of aryl methyl sites for hydroxylation is 1. The van der Waals surface area contributed by atoms with Crippen molar-refractivity contribution in [1.82, 2.24) is 0 Å². The summed E-state index contributed by atoms with van der Waals surface area (Å²) in [6, 6.07) is 10.4. The van der Waals surface area contributed by atoms with E-state index in [1.54, 1.807) is 0 Å². The highest BCUT2D eigenvalue weighted by atomic mass is 16.3. The summed E-state index contributed by atoms with van der Waals surface area (Å²) in [5.41, 5.74) is 1.33. The van der Waals surface area contributed by atoms with Gasteiger partial charge in [-0.05, 0) is 43.6 Å². The fraction of sp³-hybridized carbons (Fsp3) is 0.467. The van der Waals surface area contributed by atoms with Crippen molar-refractivity contribution >= 4 is 0 Å². The summed E-state index contributed by atoms with van der Waals surface area (Å²) < 4.78 is 0.